The van der Waals surface area contributed by atoms with Crippen LogP contribution in [0.4, 0.5) is 5.69 Å². The second kappa shape index (κ2) is 4.99. The van der Waals surface area contributed by atoms with Gasteiger partial charge in [0.25, 0.3) is 0 Å². The summed E-state index contributed by atoms with van der Waals surface area (Å²) in [5, 5.41) is 6.72. The van der Waals surface area contributed by atoms with Crippen molar-refractivity contribution in [1.29, 1.82) is 0 Å². The molecule has 0 spiro atoms. The molecule has 1 aliphatic rings. The number of benzene rings is 1. The lowest BCUT2D eigenvalue weighted by Gasteiger charge is -2.12. The average molecular weight is 219 g/mol. The molecule has 1 saturated heterocycles. The molecule has 16 heavy (non-hydrogen) atoms. The van der Waals surface area contributed by atoms with E-state index in [-0.39, 0.29) is 5.91 Å². The van der Waals surface area contributed by atoms with Gasteiger partial charge in [-0.2, -0.15) is 0 Å². The SMILES string of the molecule is NC(=O)c1cccc(NCC2CCCN2)c1. The number of amides is 1. The third-order valence-electron chi connectivity index (χ3n) is 2.86. The summed E-state index contributed by atoms with van der Waals surface area (Å²) in [6.07, 6.45) is 2.45. The molecule has 4 heteroatoms. The van der Waals surface area contributed by atoms with Crippen molar-refractivity contribution in [3.05, 3.63) is 29.8 Å². The van der Waals surface area contributed by atoms with Crippen LogP contribution < -0.4 is 16.4 Å². The molecule has 1 aromatic carbocycles. The van der Waals surface area contributed by atoms with E-state index < -0.39 is 0 Å². The van der Waals surface area contributed by atoms with E-state index in [1.54, 1.807) is 12.1 Å². The fourth-order valence-electron chi connectivity index (χ4n) is 1.95. The predicted molar refractivity (Wildman–Crippen MR) is 64.5 cm³/mol. The summed E-state index contributed by atoms with van der Waals surface area (Å²) in [5.74, 6) is -0.386. The van der Waals surface area contributed by atoms with Gasteiger partial charge in [0.05, 0.1) is 0 Å². The van der Waals surface area contributed by atoms with Crippen LogP contribution in [-0.2, 0) is 0 Å². The highest BCUT2D eigenvalue weighted by atomic mass is 16.1. The first-order valence-corrected chi connectivity index (χ1v) is 5.63. The van der Waals surface area contributed by atoms with Crippen molar-refractivity contribution >= 4 is 11.6 Å². The summed E-state index contributed by atoms with van der Waals surface area (Å²) in [5.41, 5.74) is 6.72. The molecule has 0 bridgehead atoms. The molecule has 0 radical (unpaired) electrons. The lowest BCUT2D eigenvalue weighted by Crippen LogP contribution is -2.29. The van der Waals surface area contributed by atoms with Gasteiger partial charge in [0.15, 0.2) is 0 Å². The van der Waals surface area contributed by atoms with Gasteiger partial charge in [-0.05, 0) is 37.6 Å². The Morgan fingerprint density at radius 3 is 3.12 bits per heavy atom. The van der Waals surface area contributed by atoms with Crippen molar-refractivity contribution in [1.82, 2.24) is 5.32 Å². The molecule has 1 heterocycles. The quantitative estimate of drug-likeness (QED) is 0.706. The van der Waals surface area contributed by atoms with E-state index in [1.165, 1.54) is 12.8 Å². The zero-order valence-corrected chi connectivity index (χ0v) is 9.20. The van der Waals surface area contributed by atoms with E-state index in [1.807, 2.05) is 12.1 Å². The second-order valence-electron chi connectivity index (χ2n) is 4.12. The van der Waals surface area contributed by atoms with Gasteiger partial charge in [-0.25, -0.2) is 0 Å². The Bertz CT molecular complexity index is 372. The molecule has 1 atom stereocenters. The number of carbonyl (C=O) groups excluding carboxylic acids is 1. The Morgan fingerprint density at radius 1 is 1.56 bits per heavy atom. The number of rotatable bonds is 4. The zero-order valence-electron chi connectivity index (χ0n) is 9.20. The topological polar surface area (TPSA) is 67.2 Å². The zero-order chi connectivity index (χ0) is 11.4. The largest absolute Gasteiger partial charge is 0.383 e. The van der Waals surface area contributed by atoms with Gasteiger partial charge in [-0.15, -0.1) is 0 Å². The Hall–Kier alpha value is -1.55. The van der Waals surface area contributed by atoms with Crippen LogP contribution in [0.5, 0.6) is 0 Å². The lowest BCUT2D eigenvalue weighted by atomic mass is 10.2. The normalized spacial score (nSPS) is 19.6. The molecule has 1 amide bonds. The minimum Gasteiger partial charge on any atom is -0.383 e. The average Bonchev–Trinajstić information content (AvgIpc) is 2.79. The highest BCUT2D eigenvalue weighted by Gasteiger charge is 2.13. The molecule has 4 N–H and O–H groups in total. The molecule has 2 rings (SSSR count). The summed E-state index contributed by atoms with van der Waals surface area (Å²) in [7, 11) is 0. The van der Waals surface area contributed by atoms with Gasteiger partial charge < -0.3 is 16.4 Å². The van der Waals surface area contributed by atoms with Gasteiger partial charge in [-0.3, -0.25) is 4.79 Å². The minimum atomic E-state index is -0.386. The maximum absolute atomic E-state index is 11.0. The lowest BCUT2D eigenvalue weighted by molar-refractivity contribution is 0.100. The number of hydrogen-bond acceptors (Lipinski definition) is 3. The first-order chi connectivity index (χ1) is 7.75. The molecule has 86 valence electrons. The number of anilines is 1. The summed E-state index contributed by atoms with van der Waals surface area (Å²) in [6, 6.07) is 7.84. The van der Waals surface area contributed by atoms with Gasteiger partial charge in [-0.1, -0.05) is 6.07 Å². The van der Waals surface area contributed by atoms with Crippen LogP contribution in [0.3, 0.4) is 0 Å². The van der Waals surface area contributed by atoms with Gasteiger partial charge in [0, 0.05) is 23.8 Å². The Balaban J connectivity index is 1.93. The number of nitrogens with two attached hydrogens (primary N) is 1. The number of hydrogen-bond donors (Lipinski definition) is 3. The fraction of sp³-hybridized carbons (Fsp3) is 0.417. The van der Waals surface area contributed by atoms with Crippen molar-refractivity contribution in [3.63, 3.8) is 0 Å². The maximum Gasteiger partial charge on any atom is 0.248 e. The molecule has 0 aliphatic carbocycles. The summed E-state index contributed by atoms with van der Waals surface area (Å²) in [4.78, 5) is 11.0. The predicted octanol–water partition coefficient (Wildman–Crippen LogP) is 0.949. The highest BCUT2D eigenvalue weighted by Crippen LogP contribution is 2.11. The molecule has 4 nitrogen and oxygen atoms in total. The van der Waals surface area contributed by atoms with Crippen LogP contribution in [-0.4, -0.2) is 25.0 Å². The third kappa shape index (κ3) is 2.73. The molecular weight excluding hydrogens is 202 g/mol. The van der Waals surface area contributed by atoms with Crippen LogP contribution in [0, 0.1) is 0 Å². The van der Waals surface area contributed by atoms with Crippen LogP contribution in [0.25, 0.3) is 0 Å². The number of carbonyl (C=O) groups is 1. The van der Waals surface area contributed by atoms with E-state index in [9.17, 15) is 4.79 Å². The summed E-state index contributed by atoms with van der Waals surface area (Å²) >= 11 is 0. The van der Waals surface area contributed by atoms with Crippen LogP contribution in [0.2, 0.25) is 0 Å². The second-order valence-corrected chi connectivity index (χ2v) is 4.12. The van der Waals surface area contributed by atoms with Crippen molar-refractivity contribution < 1.29 is 4.79 Å². The molecule has 0 saturated carbocycles. The first-order valence-electron chi connectivity index (χ1n) is 5.63. The smallest absolute Gasteiger partial charge is 0.248 e. The van der Waals surface area contributed by atoms with E-state index in [0.717, 1.165) is 18.8 Å². The van der Waals surface area contributed by atoms with Gasteiger partial charge in [0.1, 0.15) is 0 Å². The van der Waals surface area contributed by atoms with E-state index in [2.05, 4.69) is 10.6 Å². The molecule has 0 aromatic heterocycles. The summed E-state index contributed by atoms with van der Waals surface area (Å²) in [6.45, 7) is 2.00. The molecule has 1 aromatic rings. The van der Waals surface area contributed by atoms with E-state index >= 15 is 0 Å². The Labute approximate surface area is 95.2 Å². The van der Waals surface area contributed by atoms with Gasteiger partial charge in [0.2, 0.25) is 5.91 Å². The monoisotopic (exact) mass is 219 g/mol. The number of primary amides is 1. The van der Waals surface area contributed by atoms with Crippen molar-refractivity contribution in [2.45, 2.75) is 18.9 Å². The van der Waals surface area contributed by atoms with Gasteiger partial charge >= 0.3 is 0 Å². The van der Waals surface area contributed by atoms with Crippen LogP contribution in [0.15, 0.2) is 24.3 Å². The van der Waals surface area contributed by atoms with Crippen molar-refractivity contribution in [2.24, 2.45) is 5.73 Å². The van der Waals surface area contributed by atoms with E-state index in [4.69, 9.17) is 5.73 Å². The highest BCUT2D eigenvalue weighted by molar-refractivity contribution is 5.93. The first kappa shape index (κ1) is 11.0. The number of nitrogens with one attached hydrogen (secondary N) is 2. The van der Waals surface area contributed by atoms with Crippen molar-refractivity contribution in [3.8, 4) is 0 Å². The Kier molecular flexibility index (Phi) is 3.41. The van der Waals surface area contributed by atoms with Crippen LogP contribution in [0.1, 0.15) is 23.2 Å². The molecule has 1 fully saturated rings. The third-order valence-corrected chi connectivity index (χ3v) is 2.86. The maximum atomic E-state index is 11.0. The molecular formula is C12H17N3O. The molecule has 1 aliphatic heterocycles. The van der Waals surface area contributed by atoms with Crippen molar-refractivity contribution in [2.75, 3.05) is 18.4 Å². The fourth-order valence-corrected chi connectivity index (χ4v) is 1.95. The standard InChI is InChI=1S/C12H17N3O/c13-12(16)9-3-1-4-10(7-9)15-8-11-5-2-6-14-11/h1,3-4,7,11,14-15H,2,5-6,8H2,(H2,13,16). The minimum absolute atomic E-state index is 0.386. The Morgan fingerprint density at radius 2 is 2.44 bits per heavy atom. The van der Waals surface area contributed by atoms with Crippen LogP contribution >= 0.6 is 0 Å². The summed E-state index contributed by atoms with van der Waals surface area (Å²) < 4.78 is 0. The molecule has 1 unspecified atom stereocenters. The van der Waals surface area contributed by atoms with E-state index in [0.29, 0.717) is 11.6 Å².